The van der Waals surface area contributed by atoms with E-state index in [1.54, 1.807) is 0 Å². The normalized spacial score (nSPS) is 15.3. The maximum absolute atomic E-state index is 2.48. The smallest absolute Gasteiger partial charge is 0.0172 e. The fourth-order valence-corrected chi connectivity index (χ4v) is 7.70. The Morgan fingerprint density at radius 2 is 0.708 bits per heavy atom. The molecular weight excluding hydrogens is 577 g/mol. The first-order valence-corrected chi connectivity index (χ1v) is 18.0. The Morgan fingerprint density at radius 3 is 1.00 bits per heavy atom. The van der Waals surface area contributed by atoms with Gasteiger partial charge in [0, 0.05) is 12.8 Å². The minimum Gasteiger partial charge on any atom is -0.0613 e. The van der Waals surface area contributed by atoms with E-state index in [0.29, 0.717) is 0 Å². The summed E-state index contributed by atoms with van der Waals surface area (Å²) in [7, 11) is 0. The van der Waals surface area contributed by atoms with Gasteiger partial charge in [0.15, 0.2) is 0 Å². The Labute approximate surface area is 292 Å². The number of fused-ring (bicyclic) bond motifs is 2. The molecule has 0 N–H and O–H groups in total. The second-order valence-corrected chi connectivity index (χ2v) is 18.3. The molecule has 0 unspecified atom stereocenters. The molecule has 0 aromatic heterocycles. The van der Waals surface area contributed by atoms with Crippen LogP contribution in [0.15, 0.2) is 96.1 Å². The molecule has 2 aliphatic rings. The highest BCUT2D eigenvalue weighted by Crippen LogP contribution is 2.52. The molecule has 0 nitrogen and oxygen atoms in total. The summed E-state index contributed by atoms with van der Waals surface area (Å²) in [5.41, 5.74) is 19.9. The van der Waals surface area contributed by atoms with Crippen molar-refractivity contribution < 1.29 is 0 Å². The zero-order chi connectivity index (χ0) is 34.8. The van der Waals surface area contributed by atoms with E-state index in [-0.39, 0.29) is 21.7 Å². The fourth-order valence-electron chi connectivity index (χ4n) is 7.70. The van der Waals surface area contributed by atoms with Crippen LogP contribution in [0.25, 0.3) is 33.4 Å². The molecule has 0 spiro atoms. The van der Waals surface area contributed by atoms with Gasteiger partial charge in [-0.25, -0.2) is 0 Å². The molecule has 4 aromatic carbocycles. The average Bonchev–Trinajstić information content (AvgIpc) is 3.58. The zero-order valence-electron chi connectivity index (χ0n) is 31.7. The predicted molar refractivity (Wildman–Crippen MR) is 210 cm³/mol. The second-order valence-electron chi connectivity index (χ2n) is 18.3. The van der Waals surface area contributed by atoms with Crippen molar-refractivity contribution in [3.63, 3.8) is 0 Å². The van der Waals surface area contributed by atoms with Gasteiger partial charge in [0.05, 0.1) is 0 Å². The Bertz CT molecular complexity index is 1750. The molecule has 48 heavy (non-hydrogen) atoms. The van der Waals surface area contributed by atoms with Crippen LogP contribution in [0.4, 0.5) is 0 Å². The molecule has 0 heteroatoms. The van der Waals surface area contributed by atoms with Crippen LogP contribution in [0.2, 0.25) is 0 Å². The van der Waals surface area contributed by atoms with Crippen LogP contribution in [0, 0.1) is 23.7 Å². The highest BCUT2D eigenvalue weighted by atomic mass is 14.4. The predicted octanol–water partition coefficient (Wildman–Crippen LogP) is 13.8. The van der Waals surface area contributed by atoms with Gasteiger partial charge in [0.1, 0.15) is 0 Å². The van der Waals surface area contributed by atoms with Crippen molar-refractivity contribution in [1.82, 2.24) is 0 Å². The molecule has 2 aliphatic carbocycles. The first-order chi connectivity index (χ1) is 22.3. The number of allylic oxidation sites excluding steroid dienone is 4. The number of benzene rings is 4. The minimum absolute atomic E-state index is 0.0443. The summed E-state index contributed by atoms with van der Waals surface area (Å²) in [6, 6.07) is 32.4. The molecule has 2 radical (unpaired) electrons. The van der Waals surface area contributed by atoms with Gasteiger partial charge in [0.25, 0.3) is 0 Å². The molecule has 4 aromatic rings. The summed E-state index contributed by atoms with van der Waals surface area (Å²) in [6.45, 7) is 28.0. The molecule has 0 bridgehead atoms. The van der Waals surface area contributed by atoms with Crippen molar-refractivity contribution in [1.29, 1.82) is 0 Å². The highest BCUT2D eigenvalue weighted by Gasteiger charge is 2.34. The first kappa shape index (κ1) is 34.2. The van der Waals surface area contributed by atoms with E-state index in [0.717, 1.165) is 12.8 Å². The third-order valence-electron chi connectivity index (χ3n) is 10.4. The lowest BCUT2D eigenvalue weighted by Crippen LogP contribution is -2.11. The second kappa shape index (κ2) is 12.0. The summed E-state index contributed by atoms with van der Waals surface area (Å²) < 4.78 is 0. The minimum atomic E-state index is 0.0443. The van der Waals surface area contributed by atoms with Gasteiger partial charge in [-0.05, 0) is 101 Å². The summed E-state index contributed by atoms with van der Waals surface area (Å²) in [5, 5.41) is 0. The summed E-state index contributed by atoms with van der Waals surface area (Å²) in [6.07, 6.45) is 6.97. The molecule has 0 heterocycles. The molecule has 0 saturated heterocycles. The molecule has 248 valence electrons. The quantitative estimate of drug-likeness (QED) is 0.205. The summed E-state index contributed by atoms with van der Waals surface area (Å²) in [4.78, 5) is 0. The van der Waals surface area contributed by atoms with Gasteiger partial charge in [-0.15, -0.1) is 0 Å². The van der Waals surface area contributed by atoms with E-state index in [9.17, 15) is 0 Å². The Kier molecular flexibility index (Phi) is 8.59. The van der Waals surface area contributed by atoms with Crippen LogP contribution < -0.4 is 0 Å². The summed E-state index contributed by atoms with van der Waals surface area (Å²) >= 11 is 0. The van der Waals surface area contributed by atoms with E-state index in [1.807, 2.05) is 0 Å². The van der Waals surface area contributed by atoms with Gasteiger partial charge in [-0.1, -0.05) is 179 Å². The maximum atomic E-state index is 2.48. The van der Waals surface area contributed by atoms with Crippen molar-refractivity contribution in [2.45, 2.75) is 107 Å². The largest absolute Gasteiger partial charge is 0.0613 e. The van der Waals surface area contributed by atoms with Crippen LogP contribution >= 0.6 is 0 Å². The fraction of sp³-hybridized carbons (Fsp3) is 0.375. The van der Waals surface area contributed by atoms with Gasteiger partial charge in [-0.2, -0.15) is 0 Å². The lowest BCUT2D eigenvalue weighted by molar-refractivity contribution is 0.511. The Hall–Kier alpha value is -3.64. The number of rotatable bonds is 5. The lowest BCUT2D eigenvalue weighted by atomic mass is 9.79. The molecule has 0 aliphatic heterocycles. The van der Waals surface area contributed by atoms with Crippen molar-refractivity contribution in [2.24, 2.45) is 10.8 Å². The van der Waals surface area contributed by atoms with Crippen molar-refractivity contribution in [3.8, 4) is 22.3 Å². The monoisotopic (exact) mass is 632 g/mol. The van der Waals surface area contributed by atoms with Crippen LogP contribution in [-0.2, 0) is 10.8 Å². The standard InChI is InChI=1S/C48H56/c1-45(2,3)35-23-19-31(20-24-35)37-17-13-15-33-29-41(47(7,8)9)39(43(33)37)27-28-40-42(48(10,11)12)30-34-16-14-18-38(44(34)40)32-21-25-36(26-22-32)46(4,5)6/h13-26,29-30H,27-28H2,1-12H3. The first-order valence-electron chi connectivity index (χ1n) is 18.0. The maximum Gasteiger partial charge on any atom is 0.0172 e. The Morgan fingerprint density at radius 1 is 0.375 bits per heavy atom. The average molecular weight is 633 g/mol. The molecule has 0 fully saturated rings. The zero-order valence-corrected chi connectivity index (χ0v) is 31.7. The van der Waals surface area contributed by atoms with E-state index in [4.69, 9.17) is 0 Å². The van der Waals surface area contributed by atoms with Crippen molar-refractivity contribution >= 4 is 11.1 Å². The summed E-state index contributed by atoms with van der Waals surface area (Å²) in [5.74, 6) is 0. The van der Waals surface area contributed by atoms with Gasteiger partial charge in [0.2, 0.25) is 0 Å². The molecule has 0 amide bonds. The lowest BCUT2D eigenvalue weighted by Gasteiger charge is -2.25. The van der Waals surface area contributed by atoms with Gasteiger partial charge in [-0.3, -0.25) is 0 Å². The van der Waals surface area contributed by atoms with Crippen LogP contribution in [0.1, 0.15) is 129 Å². The SMILES string of the molecule is CC(C)(C)C1=C(CCC2=C(C(C)(C)C)[CH]c3cccc(-c4ccc(C(C)(C)C)cc4)c32)c2c(cccc2-c2ccc(C(C)(C)C)cc2)[CH]1. The highest BCUT2D eigenvalue weighted by molar-refractivity contribution is 5.94. The number of hydrogen-bond acceptors (Lipinski definition) is 0. The van der Waals surface area contributed by atoms with E-state index >= 15 is 0 Å². The van der Waals surface area contributed by atoms with E-state index in [1.165, 1.54) is 77.9 Å². The topological polar surface area (TPSA) is 0 Å². The number of hydrogen-bond donors (Lipinski definition) is 0. The third-order valence-corrected chi connectivity index (χ3v) is 10.4. The van der Waals surface area contributed by atoms with Crippen LogP contribution in [0.3, 0.4) is 0 Å². The van der Waals surface area contributed by atoms with Crippen LogP contribution in [-0.4, -0.2) is 0 Å². The molecular formula is C48H56. The van der Waals surface area contributed by atoms with E-state index in [2.05, 4.69) is 181 Å². The van der Waals surface area contributed by atoms with Crippen molar-refractivity contribution in [3.05, 3.63) is 142 Å². The van der Waals surface area contributed by atoms with Gasteiger partial charge < -0.3 is 0 Å². The molecule has 6 rings (SSSR count). The third kappa shape index (κ3) is 6.53. The van der Waals surface area contributed by atoms with E-state index < -0.39 is 0 Å². The van der Waals surface area contributed by atoms with Crippen LogP contribution in [0.5, 0.6) is 0 Å². The van der Waals surface area contributed by atoms with Gasteiger partial charge >= 0.3 is 0 Å². The molecule has 0 atom stereocenters. The van der Waals surface area contributed by atoms with Crippen molar-refractivity contribution in [2.75, 3.05) is 0 Å². The molecule has 0 saturated carbocycles. The Balaban J connectivity index is 1.44.